The van der Waals surface area contributed by atoms with Crippen LogP contribution in [0.15, 0.2) is 48.8 Å². The molecule has 7 heteroatoms. The summed E-state index contributed by atoms with van der Waals surface area (Å²) in [5, 5.41) is 0.919. The Hall–Kier alpha value is -3.06. The molecule has 0 saturated carbocycles. The molecule has 3 aromatic rings. The number of nitrogens with zero attached hydrogens (tertiary/aromatic N) is 5. The average molecular weight is 363 g/mol. The van der Waals surface area contributed by atoms with Crippen molar-refractivity contribution in [1.29, 1.82) is 0 Å². The molecule has 0 N–H and O–H groups in total. The van der Waals surface area contributed by atoms with Crippen molar-refractivity contribution in [3.63, 3.8) is 0 Å². The van der Waals surface area contributed by atoms with E-state index in [2.05, 4.69) is 9.97 Å². The fraction of sp³-hybridized carbons (Fsp3) is 0.300. The number of benzene rings is 1. The minimum atomic E-state index is 0.0754. The lowest BCUT2D eigenvalue weighted by atomic mass is 10.2. The van der Waals surface area contributed by atoms with E-state index in [4.69, 9.17) is 9.72 Å². The number of carbonyl (C=O) groups is 1. The minimum Gasteiger partial charge on any atom is -0.378 e. The van der Waals surface area contributed by atoms with Crippen LogP contribution >= 0.6 is 0 Å². The normalized spacial score (nSPS) is 14.3. The largest absolute Gasteiger partial charge is 0.378 e. The molecule has 3 heterocycles. The number of aromatic nitrogens is 3. The number of ether oxygens (including phenoxy) is 1. The summed E-state index contributed by atoms with van der Waals surface area (Å²) in [6, 6.07) is 11.6. The molecule has 1 aromatic carbocycles. The second kappa shape index (κ2) is 7.67. The maximum Gasteiger partial charge on any atom is 0.242 e. The number of likely N-dealkylation sites (N-methyl/N-ethyl adjacent to an activating group) is 1. The highest BCUT2D eigenvalue weighted by atomic mass is 16.5. The number of pyridine rings is 1. The smallest absolute Gasteiger partial charge is 0.242 e. The van der Waals surface area contributed by atoms with E-state index in [0.29, 0.717) is 32.1 Å². The van der Waals surface area contributed by atoms with Gasteiger partial charge in [0.15, 0.2) is 5.82 Å². The Morgan fingerprint density at radius 3 is 2.74 bits per heavy atom. The predicted octanol–water partition coefficient (Wildman–Crippen LogP) is 1.99. The molecule has 1 amide bonds. The van der Waals surface area contributed by atoms with Crippen LogP contribution in [0.2, 0.25) is 0 Å². The van der Waals surface area contributed by atoms with Crippen LogP contribution in [-0.2, 0) is 9.53 Å². The van der Waals surface area contributed by atoms with Crippen LogP contribution < -0.4 is 4.90 Å². The van der Waals surface area contributed by atoms with Crippen LogP contribution in [0.5, 0.6) is 0 Å². The van der Waals surface area contributed by atoms with Gasteiger partial charge in [0.05, 0.1) is 25.3 Å². The van der Waals surface area contributed by atoms with E-state index in [1.165, 1.54) is 0 Å². The Bertz CT molecular complexity index is 942. The van der Waals surface area contributed by atoms with Gasteiger partial charge < -0.3 is 14.5 Å². The Morgan fingerprint density at radius 1 is 1.15 bits per heavy atom. The van der Waals surface area contributed by atoms with Gasteiger partial charge in [-0.3, -0.25) is 9.78 Å². The summed E-state index contributed by atoms with van der Waals surface area (Å²) in [6.45, 7) is 2.72. The number of hydrogen-bond acceptors (Lipinski definition) is 6. The van der Waals surface area contributed by atoms with Crippen LogP contribution in [0.1, 0.15) is 0 Å². The van der Waals surface area contributed by atoms with E-state index >= 15 is 0 Å². The molecule has 4 rings (SSSR count). The van der Waals surface area contributed by atoms with E-state index in [1.807, 2.05) is 53.2 Å². The van der Waals surface area contributed by atoms with E-state index in [9.17, 15) is 4.79 Å². The zero-order chi connectivity index (χ0) is 18.6. The van der Waals surface area contributed by atoms with Crippen LogP contribution in [0, 0.1) is 0 Å². The van der Waals surface area contributed by atoms with E-state index in [1.54, 1.807) is 12.4 Å². The van der Waals surface area contributed by atoms with Gasteiger partial charge in [-0.15, -0.1) is 0 Å². The topological polar surface area (TPSA) is 71.5 Å². The van der Waals surface area contributed by atoms with Gasteiger partial charge in [-0.1, -0.05) is 12.1 Å². The average Bonchev–Trinajstić information content (AvgIpc) is 2.74. The molecule has 0 unspecified atom stereocenters. The molecule has 1 aliphatic heterocycles. The first-order valence-corrected chi connectivity index (χ1v) is 8.96. The molecular weight excluding hydrogens is 342 g/mol. The highest BCUT2D eigenvalue weighted by Crippen LogP contribution is 2.26. The zero-order valence-electron chi connectivity index (χ0n) is 15.2. The molecule has 0 aliphatic carbocycles. The Morgan fingerprint density at radius 2 is 1.96 bits per heavy atom. The van der Waals surface area contributed by atoms with E-state index < -0.39 is 0 Å². The third kappa shape index (κ3) is 3.73. The van der Waals surface area contributed by atoms with Crippen molar-refractivity contribution in [2.45, 2.75) is 0 Å². The van der Waals surface area contributed by atoms with E-state index in [0.717, 1.165) is 22.3 Å². The molecule has 0 radical (unpaired) electrons. The van der Waals surface area contributed by atoms with Crippen LogP contribution in [-0.4, -0.2) is 65.7 Å². The predicted molar refractivity (Wildman–Crippen MR) is 103 cm³/mol. The van der Waals surface area contributed by atoms with Gasteiger partial charge >= 0.3 is 0 Å². The Kier molecular flexibility index (Phi) is 4.93. The Balaban J connectivity index is 1.68. The van der Waals surface area contributed by atoms with Crippen molar-refractivity contribution < 1.29 is 9.53 Å². The summed E-state index contributed by atoms with van der Waals surface area (Å²) in [6.07, 6.45) is 3.46. The van der Waals surface area contributed by atoms with Crippen molar-refractivity contribution in [2.24, 2.45) is 0 Å². The first-order valence-electron chi connectivity index (χ1n) is 8.96. The van der Waals surface area contributed by atoms with Crippen LogP contribution in [0.25, 0.3) is 22.3 Å². The highest BCUT2D eigenvalue weighted by Gasteiger charge is 2.20. The van der Waals surface area contributed by atoms with Gasteiger partial charge in [0.2, 0.25) is 5.91 Å². The number of anilines is 1. The molecule has 27 heavy (non-hydrogen) atoms. The molecule has 7 nitrogen and oxygen atoms in total. The summed E-state index contributed by atoms with van der Waals surface area (Å²) in [5.41, 5.74) is 1.68. The lowest BCUT2D eigenvalue weighted by Crippen LogP contribution is -2.45. The minimum absolute atomic E-state index is 0.0754. The third-order valence-electron chi connectivity index (χ3n) is 4.60. The summed E-state index contributed by atoms with van der Waals surface area (Å²) >= 11 is 0. The monoisotopic (exact) mass is 363 g/mol. The van der Waals surface area contributed by atoms with Gasteiger partial charge in [-0.25, -0.2) is 9.97 Å². The molecule has 0 atom stereocenters. The van der Waals surface area contributed by atoms with Gasteiger partial charge in [-0.2, -0.15) is 0 Å². The summed E-state index contributed by atoms with van der Waals surface area (Å²) in [4.78, 5) is 30.0. The number of para-hydroxylation sites is 1. The number of amides is 1. The van der Waals surface area contributed by atoms with Crippen molar-refractivity contribution in [2.75, 3.05) is 44.8 Å². The molecule has 0 bridgehead atoms. The number of fused-ring (bicyclic) bond motifs is 1. The molecule has 1 fully saturated rings. The second-order valence-electron chi connectivity index (χ2n) is 6.48. The van der Waals surface area contributed by atoms with Gasteiger partial charge in [0, 0.05) is 43.5 Å². The maximum atomic E-state index is 12.6. The van der Waals surface area contributed by atoms with Crippen LogP contribution in [0.3, 0.4) is 0 Å². The molecule has 0 spiro atoms. The SMILES string of the molecule is CN(CC(=O)N1CCOCC1)c1nc(-c2cccnc2)nc2ccccc12. The first-order chi connectivity index (χ1) is 13.2. The fourth-order valence-corrected chi connectivity index (χ4v) is 3.17. The number of rotatable bonds is 4. The van der Waals surface area contributed by atoms with Gasteiger partial charge in [-0.05, 0) is 24.3 Å². The quantitative estimate of drug-likeness (QED) is 0.706. The molecule has 1 aliphatic rings. The second-order valence-corrected chi connectivity index (χ2v) is 6.48. The van der Waals surface area contributed by atoms with Crippen molar-refractivity contribution in [3.05, 3.63) is 48.8 Å². The van der Waals surface area contributed by atoms with Crippen molar-refractivity contribution in [1.82, 2.24) is 19.9 Å². The summed E-state index contributed by atoms with van der Waals surface area (Å²) in [5.74, 6) is 1.41. The fourth-order valence-electron chi connectivity index (χ4n) is 3.17. The molecule has 138 valence electrons. The number of morpholine rings is 1. The standard InChI is InChI=1S/C20H21N5O2/c1-24(14-18(26)25-9-11-27-12-10-25)20-16-6-2-3-7-17(16)22-19(23-20)15-5-4-8-21-13-15/h2-8,13H,9-12,14H2,1H3. The molecular formula is C20H21N5O2. The molecule has 1 saturated heterocycles. The van der Waals surface area contributed by atoms with Gasteiger partial charge in [0.1, 0.15) is 5.82 Å². The van der Waals surface area contributed by atoms with Crippen molar-refractivity contribution in [3.8, 4) is 11.4 Å². The summed E-state index contributed by atoms with van der Waals surface area (Å²) < 4.78 is 5.33. The third-order valence-corrected chi connectivity index (χ3v) is 4.60. The van der Waals surface area contributed by atoms with Gasteiger partial charge in [0.25, 0.3) is 0 Å². The first kappa shape index (κ1) is 17.4. The lowest BCUT2D eigenvalue weighted by molar-refractivity contribution is -0.133. The zero-order valence-corrected chi connectivity index (χ0v) is 15.2. The lowest BCUT2D eigenvalue weighted by Gasteiger charge is -2.29. The highest BCUT2D eigenvalue weighted by molar-refractivity contribution is 5.92. The number of carbonyl (C=O) groups excluding carboxylic acids is 1. The van der Waals surface area contributed by atoms with Crippen molar-refractivity contribution >= 4 is 22.6 Å². The van der Waals surface area contributed by atoms with E-state index in [-0.39, 0.29) is 12.5 Å². The molecule has 2 aromatic heterocycles. The summed E-state index contributed by atoms with van der Waals surface area (Å²) in [7, 11) is 1.89. The Labute approximate surface area is 157 Å². The van der Waals surface area contributed by atoms with Crippen LogP contribution in [0.4, 0.5) is 5.82 Å². The maximum absolute atomic E-state index is 12.6. The number of hydrogen-bond donors (Lipinski definition) is 0.